The van der Waals surface area contributed by atoms with Crippen molar-refractivity contribution in [3.05, 3.63) is 5.21 Å². The van der Waals surface area contributed by atoms with Gasteiger partial charge < -0.3 is 14.3 Å². The van der Waals surface area contributed by atoms with E-state index < -0.39 is 12.9 Å². The molecule has 0 aromatic heterocycles. The molecule has 0 aliphatic carbocycles. The van der Waals surface area contributed by atoms with Gasteiger partial charge in [0.1, 0.15) is 0 Å². The van der Waals surface area contributed by atoms with Gasteiger partial charge in [0, 0.05) is 25.2 Å². The van der Waals surface area contributed by atoms with Crippen LogP contribution in [0, 0.1) is 10.6 Å². The summed E-state index contributed by atoms with van der Waals surface area (Å²) in [5, 5.41) is 10.7. The van der Waals surface area contributed by atoms with E-state index in [9.17, 15) is 9.77 Å². The average molecular weight is 247 g/mol. The van der Waals surface area contributed by atoms with Gasteiger partial charge in [-0.3, -0.25) is 4.57 Å². The Balaban J connectivity index is 2.22. The monoisotopic (exact) mass is 247 g/mol. The van der Waals surface area contributed by atoms with E-state index in [1.54, 1.807) is 6.92 Å². The van der Waals surface area contributed by atoms with Crippen molar-refractivity contribution in [2.75, 3.05) is 13.2 Å². The van der Waals surface area contributed by atoms with Gasteiger partial charge in [0.15, 0.2) is 6.21 Å². The molecule has 0 radical (unpaired) electrons. The molecule has 2 aliphatic rings. The van der Waals surface area contributed by atoms with Crippen LogP contribution in [0.15, 0.2) is 0 Å². The number of rotatable bonds is 1. The Morgan fingerprint density at radius 2 is 1.88 bits per heavy atom. The molecule has 6 heteroatoms. The van der Waals surface area contributed by atoms with E-state index in [2.05, 4.69) is 0 Å². The first-order valence-electron chi connectivity index (χ1n) is 5.48. The summed E-state index contributed by atoms with van der Waals surface area (Å²) < 4.78 is 24.1. The van der Waals surface area contributed by atoms with Crippen LogP contribution in [0.5, 0.6) is 0 Å². The molecule has 16 heavy (non-hydrogen) atoms. The second-order valence-electron chi connectivity index (χ2n) is 5.47. The van der Waals surface area contributed by atoms with Crippen molar-refractivity contribution in [1.29, 1.82) is 0 Å². The lowest BCUT2D eigenvalue weighted by Crippen LogP contribution is -2.40. The minimum absolute atomic E-state index is 0.139. The van der Waals surface area contributed by atoms with Gasteiger partial charge in [0.25, 0.3) is 5.28 Å². The Bertz CT molecular complexity index is 365. The van der Waals surface area contributed by atoms with Crippen LogP contribution in [-0.2, 0) is 13.6 Å². The quantitative estimate of drug-likeness (QED) is 0.405. The van der Waals surface area contributed by atoms with E-state index >= 15 is 0 Å². The second-order valence-corrected chi connectivity index (χ2v) is 7.95. The molecule has 1 fully saturated rings. The van der Waals surface area contributed by atoms with Gasteiger partial charge in [-0.05, 0) is 0 Å². The maximum atomic E-state index is 12.5. The highest BCUT2D eigenvalue weighted by atomic mass is 31.2. The Labute approximate surface area is 95.6 Å². The van der Waals surface area contributed by atoms with Crippen molar-refractivity contribution < 1.29 is 18.4 Å². The molecule has 0 saturated carbocycles. The molecule has 0 bridgehead atoms. The highest BCUT2D eigenvalue weighted by molar-refractivity contribution is 7.55. The SMILES string of the molecule is CC1(C)COP(=O)([C@@]2(C)CCC=[N+]2[O-])OC1. The minimum Gasteiger partial charge on any atom is -0.623 e. The van der Waals surface area contributed by atoms with Crippen LogP contribution >= 0.6 is 7.60 Å². The molecule has 1 atom stereocenters. The third kappa shape index (κ3) is 1.71. The lowest BCUT2D eigenvalue weighted by Gasteiger charge is -2.39. The van der Waals surface area contributed by atoms with Gasteiger partial charge in [0.05, 0.1) is 13.2 Å². The Hall–Kier alpha value is -0.380. The number of hydroxylamine groups is 1. The third-order valence-corrected chi connectivity index (χ3v) is 5.77. The van der Waals surface area contributed by atoms with E-state index in [1.807, 2.05) is 13.8 Å². The zero-order valence-corrected chi connectivity index (χ0v) is 10.8. The standard InChI is InChI=1S/C10H18NO4P/c1-9(2)7-14-16(13,15-8-9)10(3)5-4-6-11(10)12/h6H,4-5,7-8H2,1-3H3/t10-/m0/s1. The van der Waals surface area contributed by atoms with Crippen LogP contribution in [0.25, 0.3) is 0 Å². The Morgan fingerprint density at radius 1 is 1.31 bits per heavy atom. The first-order valence-corrected chi connectivity index (χ1v) is 7.02. The van der Waals surface area contributed by atoms with Crippen LogP contribution in [0.2, 0.25) is 0 Å². The summed E-state index contributed by atoms with van der Waals surface area (Å²) >= 11 is 0. The smallest absolute Gasteiger partial charge is 0.401 e. The predicted octanol–water partition coefficient (Wildman–Crippen LogP) is 2.34. The molecule has 0 spiro atoms. The van der Waals surface area contributed by atoms with E-state index in [1.165, 1.54) is 6.21 Å². The van der Waals surface area contributed by atoms with Crippen LogP contribution in [0.3, 0.4) is 0 Å². The third-order valence-electron chi connectivity index (χ3n) is 3.23. The maximum absolute atomic E-state index is 12.5. The predicted molar refractivity (Wildman–Crippen MR) is 60.6 cm³/mol. The molecule has 0 aromatic carbocycles. The van der Waals surface area contributed by atoms with E-state index in [0.717, 1.165) is 4.74 Å². The second kappa shape index (κ2) is 3.56. The highest BCUT2D eigenvalue weighted by Crippen LogP contribution is 2.65. The zero-order chi connectivity index (χ0) is 12.0. The fourth-order valence-electron chi connectivity index (χ4n) is 1.90. The maximum Gasteiger partial charge on any atom is 0.401 e. The molecule has 2 aliphatic heterocycles. The molecular weight excluding hydrogens is 229 g/mol. The lowest BCUT2D eigenvalue weighted by molar-refractivity contribution is -0.507. The molecular formula is C10H18NO4P. The highest BCUT2D eigenvalue weighted by Gasteiger charge is 2.59. The summed E-state index contributed by atoms with van der Waals surface area (Å²) in [6.07, 6.45) is 2.65. The van der Waals surface area contributed by atoms with Crippen LogP contribution < -0.4 is 0 Å². The molecule has 0 aromatic rings. The molecule has 0 unspecified atom stereocenters. The van der Waals surface area contributed by atoms with Crippen molar-refractivity contribution in [3.63, 3.8) is 0 Å². The van der Waals surface area contributed by atoms with E-state index in [0.29, 0.717) is 26.1 Å². The average Bonchev–Trinajstić information content (AvgIpc) is 2.54. The zero-order valence-electron chi connectivity index (χ0n) is 9.93. The number of nitrogens with zero attached hydrogens (tertiary/aromatic N) is 1. The molecule has 0 N–H and O–H groups in total. The van der Waals surface area contributed by atoms with Crippen molar-refractivity contribution in [2.24, 2.45) is 5.41 Å². The Morgan fingerprint density at radius 3 is 2.31 bits per heavy atom. The van der Waals surface area contributed by atoms with Crippen molar-refractivity contribution in [2.45, 2.75) is 38.9 Å². The van der Waals surface area contributed by atoms with Crippen molar-refractivity contribution >= 4 is 13.8 Å². The van der Waals surface area contributed by atoms with Gasteiger partial charge in [-0.1, -0.05) is 13.8 Å². The van der Waals surface area contributed by atoms with Crippen molar-refractivity contribution in [1.82, 2.24) is 0 Å². The van der Waals surface area contributed by atoms with E-state index in [4.69, 9.17) is 9.05 Å². The summed E-state index contributed by atoms with van der Waals surface area (Å²) in [7, 11) is -3.33. The minimum atomic E-state index is -3.33. The van der Waals surface area contributed by atoms with Crippen LogP contribution in [-0.4, -0.2) is 29.4 Å². The molecule has 1 saturated heterocycles. The molecule has 5 nitrogen and oxygen atoms in total. The summed E-state index contributed by atoms with van der Waals surface area (Å²) in [4.78, 5) is 0. The van der Waals surface area contributed by atoms with Crippen LogP contribution in [0.4, 0.5) is 0 Å². The van der Waals surface area contributed by atoms with Gasteiger partial charge in [-0.2, -0.15) is 4.74 Å². The van der Waals surface area contributed by atoms with Crippen molar-refractivity contribution in [3.8, 4) is 0 Å². The van der Waals surface area contributed by atoms with Gasteiger partial charge in [0.2, 0.25) is 0 Å². The normalized spacial score (nSPS) is 37.1. The first kappa shape index (κ1) is 12.1. The number of hydrogen-bond acceptors (Lipinski definition) is 4. The fraction of sp³-hybridized carbons (Fsp3) is 0.900. The van der Waals surface area contributed by atoms with Gasteiger partial charge in [-0.15, -0.1) is 0 Å². The number of hydrogen-bond donors (Lipinski definition) is 0. The summed E-state index contributed by atoms with van der Waals surface area (Å²) in [6.45, 7) is 6.35. The summed E-state index contributed by atoms with van der Waals surface area (Å²) in [5.41, 5.74) is -0.139. The first-order chi connectivity index (χ1) is 7.29. The molecule has 92 valence electrons. The lowest BCUT2D eigenvalue weighted by atomic mass is 9.97. The van der Waals surface area contributed by atoms with E-state index in [-0.39, 0.29) is 5.41 Å². The topological polar surface area (TPSA) is 61.6 Å². The van der Waals surface area contributed by atoms with Crippen LogP contribution in [0.1, 0.15) is 33.6 Å². The largest absolute Gasteiger partial charge is 0.623 e. The molecule has 2 heterocycles. The van der Waals surface area contributed by atoms with Gasteiger partial charge in [-0.25, -0.2) is 0 Å². The molecule has 2 rings (SSSR count). The Kier molecular flexibility index (Phi) is 2.69. The fourth-order valence-corrected chi connectivity index (χ4v) is 4.29. The summed E-state index contributed by atoms with van der Waals surface area (Å²) in [5.74, 6) is 0. The summed E-state index contributed by atoms with van der Waals surface area (Å²) in [6, 6.07) is 0. The van der Waals surface area contributed by atoms with Gasteiger partial charge >= 0.3 is 7.60 Å². The molecule has 0 amide bonds.